The Morgan fingerprint density at radius 2 is 2.08 bits per heavy atom. The van der Waals surface area contributed by atoms with Crippen LogP contribution >= 0.6 is 34.2 Å². The fourth-order valence-electron chi connectivity index (χ4n) is 3.14. The van der Waals surface area contributed by atoms with Crippen LogP contribution in [0.1, 0.15) is 18.9 Å². The largest absolute Gasteiger partial charge is 0.459 e. The van der Waals surface area contributed by atoms with E-state index in [-0.39, 0.29) is 18.5 Å². The number of hydrogen-bond donors (Lipinski definition) is 0. The van der Waals surface area contributed by atoms with Crippen molar-refractivity contribution in [1.82, 2.24) is 14.8 Å². The number of ether oxygens (including phenoxy) is 1. The Morgan fingerprint density at radius 1 is 1.36 bits per heavy atom. The minimum Gasteiger partial charge on any atom is -0.459 e. The summed E-state index contributed by atoms with van der Waals surface area (Å²) in [6.45, 7) is 2.27. The van der Waals surface area contributed by atoms with Crippen LogP contribution in [0.5, 0.6) is 0 Å². The van der Waals surface area contributed by atoms with Gasteiger partial charge in [0.1, 0.15) is 15.5 Å². The Balaban J connectivity index is 1.68. The number of aromatic nitrogens is 3. The Hall–Kier alpha value is -1.67. The van der Waals surface area contributed by atoms with Crippen molar-refractivity contribution in [2.75, 3.05) is 0 Å². The van der Waals surface area contributed by atoms with Gasteiger partial charge in [0, 0.05) is 0 Å². The highest BCUT2D eigenvalue weighted by atomic mass is 127. The molecule has 0 N–H and O–H groups in total. The van der Waals surface area contributed by atoms with Gasteiger partial charge in [-0.15, -0.1) is 0 Å². The number of halogens is 2. The zero-order valence-electron chi connectivity index (χ0n) is 13.4. The van der Waals surface area contributed by atoms with E-state index in [1.165, 1.54) is 0 Å². The van der Waals surface area contributed by atoms with Crippen molar-refractivity contribution < 1.29 is 9.53 Å². The summed E-state index contributed by atoms with van der Waals surface area (Å²) in [5.41, 5.74) is 0.784. The fraction of sp³-hybridized carbons (Fsp3) is 0.278. The Labute approximate surface area is 163 Å². The highest BCUT2D eigenvalue weighted by molar-refractivity contribution is 14.1. The second kappa shape index (κ2) is 6.25. The number of nitrogens with zero attached hydrogens (tertiary/aromatic N) is 3. The molecule has 0 unspecified atom stereocenters. The van der Waals surface area contributed by atoms with Gasteiger partial charge in [0.05, 0.1) is 5.39 Å². The van der Waals surface area contributed by atoms with Crippen LogP contribution in [0.4, 0.5) is 0 Å². The van der Waals surface area contributed by atoms with Gasteiger partial charge in [0.2, 0.25) is 0 Å². The van der Waals surface area contributed by atoms with Crippen molar-refractivity contribution in [3.8, 4) is 0 Å². The van der Waals surface area contributed by atoms with Crippen LogP contribution in [0.2, 0.25) is 5.15 Å². The van der Waals surface area contributed by atoms with Crippen molar-refractivity contribution in [2.45, 2.75) is 25.5 Å². The Kier molecular flexibility index (Phi) is 4.19. The molecule has 2 aromatic heterocycles. The summed E-state index contributed by atoms with van der Waals surface area (Å²) in [7, 11) is 0. The van der Waals surface area contributed by atoms with E-state index in [1.54, 1.807) is 10.7 Å². The van der Waals surface area contributed by atoms with Gasteiger partial charge in [-0.25, -0.2) is 14.5 Å². The normalized spacial score (nSPS) is 22.1. The first-order chi connectivity index (χ1) is 12.0. The molecule has 25 heavy (non-hydrogen) atoms. The molecule has 1 aliphatic rings. The highest BCUT2D eigenvalue weighted by Gasteiger charge is 2.62. The maximum Gasteiger partial charge on any atom is 0.334 e. The predicted molar refractivity (Wildman–Crippen MR) is 103 cm³/mol. The van der Waals surface area contributed by atoms with E-state index < -0.39 is 5.54 Å². The fourth-order valence-corrected chi connectivity index (χ4v) is 3.92. The van der Waals surface area contributed by atoms with Crippen molar-refractivity contribution >= 4 is 51.2 Å². The lowest BCUT2D eigenvalue weighted by Gasteiger charge is -2.17. The van der Waals surface area contributed by atoms with Crippen molar-refractivity contribution in [2.24, 2.45) is 5.92 Å². The van der Waals surface area contributed by atoms with E-state index in [0.29, 0.717) is 17.2 Å². The van der Waals surface area contributed by atoms with E-state index in [4.69, 9.17) is 16.3 Å². The average molecular weight is 468 g/mol. The van der Waals surface area contributed by atoms with Gasteiger partial charge < -0.3 is 4.74 Å². The van der Waals surface area contributed by atoms with Crippen LogP contribution in [0.3, 0.4) is 0 Å². The minimum absolute atomic E-state index is 0.135. The van der Waals surface area contributed by atoms with Crippen LogP contribution in [0.15, 0.2) is 42.5 Å². The second-order valence-electron chi connectivity index (χ2n) is 6.30. The summed E-state index contributed by atoms with van der Waals surface area (Å²) >= 11 is 8.21. The number of carbonyl (C=O) groups excluding carboxylic acids is 1. The first kappa shape index (κ1) is 16.8. The molecular weight excluding hydrogens is 453 g/mol. The monoisotopic (exact) mass is 467 g/mol. The SMILES string of the molecule is C[C@H]1C[C@]1(C(=O)OCc1ccccc1)n1nc(I)c2ccc(Cl)nc21. The van der Waals surface area contributed by atoms with Crippen LogP contribution in [0.25, 0.3) is 11.0 Å². The molecule has 7 heteroatoms. The summed E-state index contributed by atoms with van der Waals surface area (Å²) in [4.78, 5) is 17.3. The summed E-state index contributed by atoms with van der Waals surface area (Å²) < 4.78 is 8.11. The van der Waals surface area contributed by atoms with Gasteiger partial charge in [0.15, 0.2) is 11.2 Å². The summed E-state index contributed by atoms with van der Waals surface area (Å²) in [5.74, 6) is -0.137. The Bertz CT molecular complexity index is 960. The smallest absolute Gasteiger partial charge is 0.334 e. The number of pyridine rings is 1. The number of benzene rings is 1. The van der Waals surface area contributed by atoms with E-state index in [9.17, 15) is 4.79 Å². The zero-order chi connectivity index (χ0) is 17.6. The number of rotatable bonds is 4. The molecule has 128 valence electrons. The maximum absolute atomic E-state index is 12.9. The molecule has 0 aliphatic heterocycles. The zero-order valence-corrected chi connectivity index (χ0v) is 16.4. The van der Waals surface area contributed by atoms with Crippen LogP contribution in [-0.4, -0.2) is 20.7 Å². The molecule has 0 saturated heterocycles. The summed E-state index contributed by atoms with van der Waals surface area (Å²) in [5, 5.41) is 5.84. The molecule has 1 fully saturated rings. The molecule has 3 aromatic rings. The number of carbonyl (C=O) groups is 1. The number of fused-ring (bicyclic) bond motifs is 1. The van der Waals surface area contributed by atoms with Crippen molar-refractivity contribution in [1.29, 1.82) is 0 Å². The molecule has 0 amide bonds. The van der Waals surface area contributed by atoms with Gasteiger partial charge in [-0.05, 0) is 52.6 Å². The van der Waals surface area contributed by atoms with Crippen molar-refractivity contribution in [3.05, 3.63) is 56.9 Å². The first-order valence-electron chi connectivity index (χ1n) is 7.95. The molecule has 2 atom stereocenters. The van der Waals surface area contributed by atoms with Gasteiger partial charge >= 0.3 is 5.97 Å². The summed E-state index contributed by atoms with van der Waals surface area (Å²) in [6, 6.07) is 13.3. The molecule has 1 saturated carbocycles. The lowest BCUT2D eigenvalue weighted by molar-refractivity contribution is -0.151. The van der Waals surface area contributed by atoms with Crippen LogP contribution in [0, 0.1) is 9.62 Å². The lowest BCUT2D eigenvalue weighted by Crippen LogP contribution is -2.33. The minimum atomic E-state index is -0.797. The molecule has 5 nitrogen and oxygen atoms in total. The molecule has 4 rings (SSSR count). The average Bonchev–Trinajstić information content (AvgIpc) is 3.19. The van der Waals surface area contributed by atoms with Gasteiger partial charge in [-0.3, -0.25) is 0 Å². The lowest BCUT2D eigenvalue weighted by atomic mass is 10.2. The highest BCUT2D eigenvalue weighted by Crippen LogP contribution is 2.52. The predicted octanol–water partition coefficient (Wildman–Crippen LogP) is 4.17. The molecular formula is C18H15ClIN3O2. The third-order valence-corrected chi connectivity index (χ3v) is 5.68. The van der Waals surface area contributed by atoms with Crippen LogP contribution in [-0.2, 0) is 21.7 Å². The first-order valence-corrected chi connectivity index (χ1v) is 9.40. The summed E-state index contributed by atoms with van der Waals surface area (Å²) in [6.07, 6.45) is 0.682. The topological polar surface area (TPSA) is 57.0 Å². The third kappa shape index (κ3) is 2.81. The quantitative estimate of drug-likeness (QED) is 0.328. The van der Waals surface area contributed by atoms with Gasteiger partial charge in [0.25, 0.3) is 0 Å². The van der Waals surface area contributed by atoms with E-state index in [0.717, 1.165) is 14.7 Å². The Morgan fingerprint density at radius 3 is 2.76 bits per heavy atom. The second-order valence-corrected chi connectivity index (χ2v) is 7.71. The third-order valence-electron chi connectivity index (χ3n) is 4.67. The number of esters is 1. The molecule has 1 aromatic carbocycles. The van der Waals surface area contributed by atoms with Gasteiger partial charge in [-0.2, -0.15) is 5.10 Å². The van der Waals surface area contributed by atoms with Crippen molar-refractivity contribution in [3.63, 3.8) is 0 Å². The maximum atomic E-state index is 12.9. The number of hydrogen-bond acceptors (Lipinski definition) is 4. The molecule has 0 spiro atoms. The molecule has 1 aliphatic carbocycles. The standard InChI is InChI=1S/C18H15ClIN3O2/c1-11-9-18(11,17(24)25-10-12-5-3-2-4-6-12)23-16-13(15(20)22-23)7-8-14(19)21-16/h2-8,11H,9-10H2,1H3/t11-,18-/m0/s1. The van der Waals surface area contributed by atoms with E-state index in [2.05, 4.69) is 32.7 Å². The molecule has 0 radical (unpaired) electrons. The molecule has 0 bridgehead atoms. The molecule has 2 heterocycles. The van der Waals surface area contributed by atoms with Crippen LogP contribution < -0.4 is 0 Å². The van der Waals surface area contributed by atoms with Gasteiger partial charge in [-0.1, -0.05) is 48.9 Å². The van der Waals surface area contributed by atoms with E-state index >= 15 is 0 Å². The van der Waals surface area contributed by atoms with E-state index in [1.807, 2.05) is 43.3 Å².